The minimum absolute atomic E-state index is 0.211. The quantitative estimate of drug-likeness (QED) is 0.367. The third kappa shape index (κ3) is 4.22. The number of carbonyl (C=O) groups excluding carboxylic acids is 1. The fourth-order valence-corrected chi connectivity index (χ4v) is 3.30. The number of ether oxygens (including phenoxy) is 1. The Kier molecular flexibility index (Phi) is 5.30. The van der Waals surface area contributed by atoms with Crippen molar-refractivity contribution in [1.29, 1.82) is 0 Å². The van der Waals surface area contributed by atoms with Crippen molar-refractivity contribution in [1.82, 2.24) is 25.6 Å². The van der Waals surface area contributed by atoms with Crippen LogP contribution in [0, 0.1) is 5.82 Å². The second kappa shape index (κ2) is 8.21. The number of nitrogens with one attached hydrogen (secondary N) is 1. The third-order valence-electron chi connectivity index (χ3n) is 3.88. The zero-order valence-electron chi connectivity index (χ0n) is 15.4. The van der Waals surface area contributed by atoms with Crippen molar-refractivity contribution in [3.8, 4) is 17.1 Å². The minimum atomic E-state index is -0.477. The summed E-state index contributed by atoms with van der Waals surface area (Å²) in [6.07, 6.45) is 1.41. The van der Waals surface area contributed by atoms with E-state index in [2.05, 4.69) is 25.9 Å². The summed E-state index contributed by atoms with van der Waals surface area (Å²) in [4.78, 5) is 24.1. The number of methoxy groups -OCH3 is 1. The number of fused-ring (bicyclic) bond motifs is 1. The van der Waals surface area contributed by atoms with E-state index in [4.69, 9.17) is 9.15 Å². The molecule has 0 aliphatic rings. The zero-order chi connectivity index (χ0) is 21.1. The van der Waals surface area contributed by atoms with E-state index >= 15 is 0 Å². The molecule has 12 heteroatoms. The van der Waals surface area contributed by atoms with Crippen LogP contribution in [0.1, 0.15) is 5.56 Å². The van der Waals surface area contributed by atoms with Crippen molar-refractivity contribution in [2.75, 3.05) is 7.11 Å². The van der Waals surface area contributed by atoms with Crippen LogP contribution in [0.25, 0.3) is 21.7 Å². The molecular weight excluding hydrogens is 415 g/mol. The first-order valence-corrected chi connectivity index (χ1v) is 9.31. The number of hydrogen-bond acceptors (Lipinski definition) is 9. The zero-order valence-corrected chi connectivity index (χ0v) is 16.2. The van der Waals surface area contributed by atoms with Gasteiger partial charge in [-0.15, -0.1) is 10.2 Å². The summed E-state index contributed by atoms with van der Waals surface area (Å²) in [5, 5.41) is 15.6. The van der Waals surface area contributed by atoms with Gasteiger partial charge in [0.15, 0.2) is 11.3 Å². The lowest BCUT2D eigenvalue weighted by Crippen LogP contribution is -2.24. The maximum absolute atomic E-state index is 13.0. The Morgan fingerprint density at radius 1 is 1.37 bits per heavy atom. The molecule has 2 aromatic carbocycles. The molecule has 30 heavy (non-hydrogen) atoms. The molecule has 1 amide bonds. The summed E-state index contributed by atoms with van der Waals surface area (Å²) < 4.78 is 23.9. The van der Waals surface area contributed by atoms with Gasteiger partial charge in [0.25, 0.3) is 5.91 Å². The van der Waals surface area contributed by atoms with Gasteiger partial charge in [-0.2, -0.15) is 9.90 Å². The van der Waals surface area contributed by atoms with Crippen LogP contribution >= 0.6 is 11.3 Å². The number of benzene rings is 2. The molecule has 10 nitrogen and oxygen atoms in total. The molecule has 0 spiro atoms. The van der Waals surface area contributed by atoms with E-state index in [1.807, 2.05) is 0 Å². The number of halogens is 1. The van der Waals surface area contributed by atoms with Gasteiger partial charge in [-0.3, -0.25) is 4.79 Å². The van der Waals surface area contributed by atoms with Gasteiger partial charge in [-0.25, -0.2) is 14.6 Å². The summed E-state index contributed by atoms with van der Waals surface area (Å²) in [5.74, 6) is -0.193. The number of tetrazole rings is 1. The van der Waals surface area contributed by atoms with Crippen LogP contribution in [-0.2, 0) is 11.3 Å². The summed E-state index contributed by atoms with van der Waals surface area (Å²) in [7, 11) is 1.46. The van der Waals surface area contributed by atoms with E-state index < -0.39 is 10.8 Å². The molecular formula is C18H13FN6O4S. The van der Waals surface area contributed by atoms with E-state index in [0.29, 0.717) is 27.2 Å². The molecule has 0 fully saturated rings. The predicted molar refractivity (Wildman–Crippen MR) is 106 cm³/mol. The van der Waals surface area contributed by atoms with E-state index in [-0.39, 0.29) is 18.2 Å². The topological polar surface area (TPSA) is 124 Å². The molecule has 0 atom stereocenters. The lowest BCUT2D eigenvalue weighted by atomic mass is 10.2. The van der Waals surface area contributed by atoms with E-state index in [1.54, 1.807) is 12.1 Å². The van der Waals surface area contributed by atoms with Crippen molar-refractivity contribution in [2.45, 2.75) is 6.54 Å². The molecule has 2 aromatic heterocycles. The minimum Gasteiger partial charge on any atom is -0.493 e. The normalized spacial score (nSPS) is 11.3. The average molecular weight is 428 g/mol. The van der Waals surface area contributed by atoms with Crippen molar-refractivity contribution < 1.29 is 18.3 Å². The maximum Gasteiger partial charge on any atom is 0.396 e. The van der Waals surface area contributed by atoms with Gasteiger partial charge in [-0.1, -0.05) is 11.3 Å². The molecule has 4 aromatic rings. The highest BCUT2D eigenvalue weighted by Gasteiger charge is 2.11. The standard InChI is InChI=1S/C18H13FN6O4S/c1-28-13-6-10(7-14-16(13)29-18(27)30-14)8-20-21-15(26)9-25-23-17(22-24-25)11-2-4-12(19)5-3-11/h2-8H,9H2,1H3,(H,21,26)/b20-8-. The van der Waals surface area contributed by atoms with E-state index in [0.717, 1.165) is 16.1 Å². The molecule has 0 saturated heterocycles. The van der Waals surface area contributed by atoms with Crippen LogP contribution in [0.3, 0.4) is 0 Å². The molecule has 0 aliphatic carbocycles. The molecule has 2 heterocycles. The van der Waals surface area contributed by atoms with Gasteiger partial charge in [0.05, 0.1) is 18.0 Å². The fraction of sp³-hybridized carbons (Fsp3) is 0.111. The lowest BCUT2D eigenvalue weighted by molar-refractivity contribution is -0.122. The highest BCUT2D eigenvalue weighted by atomic mass is 32.1. The van der Waals surface area contributed by atoms with E-state index in [9.17, 15) is 14.0 Å². The van der Waals surface area contributed by atoms with Crippen LogP contribution < -0.4 is 15.1 Å². The number of hydrazone groups is 1. The van der Waals surface area contributed by atoms with Crippen LogP contribution in [-0.4, -0.2) is 39.4 Å². The molecule has 0 radical (unpaired) electrons. The number of aromatic nitrogens is 4. The van der Waals surface area contributed by atoms with Gasteiger partial charge >= 0.3 is 4.94 Å². The Balaban J connectivity index is 1.40. The summed E-state index contributed by atoms with van der Waals surface area (Å²) in [6, 6.07) is 8.92. The predicted octanol–water partition coefficient (Wildman–Crippen LogP) is 1.81. The average Bonchev–Trinajstić information content (AvgIpc) is 3.33. The van der Waals surface area contributed by atoms with Crippen LogP contribution in [0.5, 0.6) is 5.75 Å². The van der Waals surface area contributed by atoms with Gasteiger partial charge in [0.2, 0.25) is 5.82 Å². The first-order chi connectivity index (χ1) is 14.5. The Hall–Kier alpha value is -3.93. The van der Waals surface area contributed by atoms with Crippen LogP contribution in [0.2, 0.25) is 0 Å². The first kappa shape index (κ1) is 19.4. The molecule has 0 unspecified atom stereocenters. The van der Waals surface area contributed by atoms with E-state index in [1.165, 1.54) is 37.6 Å². The summed E-state index contributed by atoms with van der Waals surface area (Å²) in [5.41, 5.74) is 3.90. The molecule has 0 bridgehead atoms. The third-order valence-corrected chi connectivity index (χ3v) is 4.66. The van der Waals surface area contributed by atoms with Crippen molar-refractivity contribution in [2.24, 2.45) is 5.10 Å². The maximum atomic E-state index is 13.0. The molecule has 4 rings (SSSR count). The molecule has 1 N–H and O–H groups in total. The molecule has 0 aliphatic heterocycles. The number of amides is 1. The second-order valence-corrected chi connectivity index (χ2v) is 6.93. The first-order valence-electron chi connectivity index (χ1n) is 8.49. The number of rotatable bonds is 6. The van der Waals surface area contributed by atoms with Gasteiger partial charge in [0.1, 0.15) is 12.4 Å². The van der Waals surface area contributed by atoms with Crippen LogP contribution in [0.15, 0.2) is 50.7 Å². The van der Waals surface area contributed by atoms with Crippen molar-refractivity contribution >= 4 is 33.7 Å². The van der Waals surface area contributed by atoms with Gasteiger partial charge in [0, 0.05) is 5.56 Å². The summed E-state index contributed by atoms with van der Waals surface area (Å²) in [6.45, 7) is -0.211. The Labute approximate surface area is 171 Å². The fourth-order valence-electron chi connectivity index (χ4n) is 2.56. The van der Waals surface area contributed by atoms with Gasteiger partial charge in [-0.05, 0) is 47.2 Å². The highest BCUT2D eigenvalue weighted by Crippen LogP contribution is 2.28. The summed E-state index contributed by atoms with van der Waals surface area (Å²) >= 11 is 0.940. The van der Waals surface area contributed by atoms with Gasteiger partial charge < -0.3 is 9.15 Å². The number of hydrogen-bond donors (Lipinski definition) is 1. The Morgan fingerprint density at radius 3 is 2.93 bits per heavy atom. The Morgan fingerprint density at radius 2 is 2.17 bits per heavy atom. The largest absolute Gasteiger partial charge is 0.493 e. The smallest absolute Gasteiger partial charge is 0.396 e. The lowest BCUT2D eigenvalue weighted by Gasteiger charge is -2.02. The van der Waals surface area contributed by atoms with Crippen molar-refractivity contribution in [3.05, 3.63) is 57.5 Å². The number of nitrogens with zero attached hydrogens (tertiary/aromatic N) is 5. The Bertz CT molecular complexity index is 1290. The SMILES string of the molecule is COc1cc(/C=N\NC(=O)Cn2nnc(-c3ccc(F)cc3)n2)cc2sc(=O)oc12. The van der Waals surface area contributed by atoms with Crippen molar-refractivity contribution in [3.63, 3.8) is 0 Å². The molecule has 152 valence electrons. The number of carbonyl (C=O) groups is 1. The molecule has 0 saturated carbocycles. The monoisotopic (exact) mass is 428 g/mol. The highest BCUT2D eigenvalue weighted by molar-refractivity contribution is 7.16. The second-order valence-electron chi connectivity index (χ2n) is 5.95. The van der Waals surface area contributed by atoms with Crippen LogP contribution in [0.4, 0.5) is 4.39 Å².